The van der Waals surface area contributed by atoms with Crippen molar-refractivity contribution in [1.82, 2.24) is 0 Å². The fourth-order valence-corrected chi connectivity index (χ4v) is 0.944. The van der Waals surface area contributed by atoms with Crippen LogP contribution in [0.3, 0.4) is 0 Å². The molecule has 2 heteroatoms. The van der Waals surface area contributed by atoms with Gasteiger partial charge in [-0.3, -0.25) is 0 Å². The van der Waals surface area contributed by atoms with Crippen molar-refractivity contribution in [1.29, 1.82) is 0 Å². The van der Waals surface area contributed by atoms with Gasteiger partial charge < -0.3 is 0 Å². The molecule has 0 radical (unpaired) electrons. The predicted molar refractivity (Wildman–Crippen MR) is 50.3 cm³/mol. The van der Waals surface area contributed by atoms with Crippen LogP contribution in [0.4, 0.5) is 0 Å². The van der Waals surface area contributed by atoms with Crippen molar-refractivity contribution in [3.05, 3.63) is 29.8 Å². The van der Waals surface area contributed by atoms with Crippen LogP contribution in [0.2, 0.25) is 0 Å². The highest BCUT2D eigenvalue weighted by Gasteiger charge is 1.84. The van der Waals surface area contributed by atoms with Gasteiger partial charge in [0, 0.05) is 10.5 Å². The highest BCUT2D eigenvalue weighted by atomic mass is 32.1. The highest BCUT2D eigenvalue weighted by Crippen LogP contribution is 2.06. The highest BCUT2D eigenvalue weighted by molar-refractivity contribution is 7.80. The summed E-state index contributed by atoms with van der Waals surface area (Å²) in [5.74, 6) is 2.91. The van der Waals surface area contributed by atoms with Gasteiger partial charge in [0.1, 0.15) is 0 Å². The van der Waals surface area contributed by atoms with Gasteiger partial charge in [0.15, 0.2) is 0 Å². The van der Waals surface area contributed by atoms with Gasteiger partial charge in [-0.25, -0.2) is 0 Å². The Morgan fingerprint density at radius 2 is 1.80 bits per heavy atom. The summed E-state index contributed by atoms with van der Waals surface area (Å²) in [6.07, 6.45) is 0. The Bertz CT molecular complexity index is 266. The molecule has 0 nitrogen and oxygen atoms in total. The van der Waals surface area contributed by atoms with E-state index < -0.39 is 0 Å². The van der Waals surface area contributed by atoms with Crippen LogP contribution in [-0.2, 0) is 0 Å². The van der Waals surface area contributed by atoms with Crippen molar-refractivity contribution in [3.63, 3.8) is 0 Å². The average Bonchev–Trinajstić information content (AvgIpc) is 1.95. The molecule has 0 fully saturated rings. The molecule has 0 saturated heterocycles. The molecule has 0 spiro atoms. The summed E-state index contributed by atoms with van der Waals surface area (Å²) >= 11 is 4.15. The molecule has 0 saturated carbocycles. The summed E-state index contributed by atoms with van der Waals surface area (Å²) in [5.41, 5.74) is 3.77. The summed E-state index contributed by atoms with van der Waals surface area (Å²) in [4.78, 5) is 0.967. The van der Waals surface area contributed by atoms with E-state index in [4.69, 9.17) is 0 Å². The van der Waals surface area contributed by atoms with E-state index in [-0.39, 0.29) is 0 Å². The number of hydrogen-bond donors (Lipinski definition) is 1. The molecule has 0 amide bonds. The van der Waals surface area contributed by atoms with Gasteiger partial charge >= 0.3 is 0 Å². The first kappa shape index (κ1) is 7.66. The first-order valence-electron chi connectivity index (χ1n) is 2.83. The second-order valence-corrected chi connectivity index (χ2v) is 2.62. The Balaban J connectivity index is 2.97. The van der Waals surface area contributed by atoms with Crippen LogP contribution < -0.4 is 0 Å². The molecule has 50 valence electrons. The predicted octanol–water partition coefficient (Wildman–Crippen LogP) is 2.16. The maximum atomic E-state index is 4.15. The topological polar surface area (TPSA) is 0 Å². The molecule has 0 N–H and O–H groups in total. The van der Waals surface area contributed by atoms with E-state index in [0.717, 1.165) is 10.5 Å². The van der Waals surface area contributed by atoms with Gasteiger partial charge in [0.2, 0.25) is 0 Å². The molecule has 0 aromatic heterocycles. The molecule has 1 unspecified atom stereocenters. The minimum Gasteiger partial charge on any atom is -0.143 e. The fraction of sp³-hybridized carbons (Fsp3) is 0. The number of benzene rings is 1. The zero-order valence-electron chi connectivity index (χ0n) is 5.33. The molecule has 0 heterocycles. The summed E-state index contributed by atoms with van der Waals surface area (Å²) in [7, 11) is 2.36. The Morgan fingerprint density at radius 3 is 2.30 bits per heavy atom. The second kappa shape index (κ2) is 3.66. The average molecular weight is 166 g/mol. The largest absolute Gasteiger partial charge is 0.143 e. The van der Waals surface area contributed by atoms with Crippen molar-refractivity contribution in [2.24, 2.45) is 0 Å². The molecular weight excluding hydrogens is 159 g/mol. The van der Waals surface area contributed by atoms with E-state index in [1.807, 2.05) is 24.3 Å². The second-order valence-electron chi connectivity index (χ2n) is 1.82. The smallest absolute Gasteiger partial charge is 0.0249 e. The zero-order chi connectivity index (χ0) is 7.40. The summed E-state index contributed by atoms with van der Waals surface area (Å²) < 4.78 is 0. The Labute approximate surface area is 68.6 Å². The fourth-order valence-electron chi connectivity index (χ4n) is 0.628. The van der Waals surface area contributed by atoms with Crippen molar-refractivity contribution in [2.75, 3.05) is 0 Å². The third kappa shape index (κ3) is 2.06. The quantitative estimate of drug-likeness (QED) is 0.341. The summed E-state index contributed by atoms with van der Waals surface area (Å²) in [6.45, 7) is 0. The van der Waals surface area contributed by atoms with E-state index in [1.54, 1.807) is 0 Å². The third-order valence-corrected chi connectivity index (χ3v) is 1.53. The van der Waals surface area contributed by atoms with Gasteiger partial charge in [-0.05, 0) is 24.3 Å². The lowest BCUT2D eigenvalue weighted by molar-refractivity contribution is 1.46. The Hall–Kier alpha value is -0.440. The first-order valence-corrected chi connectivity index (χ1v) is 3.86. The van der Waals surface area contributed by atoms with Gasteiger partial charge in [0.05, 0.1) is 0 Å². The minimum atomic E-state index is 0.967. The molecule has 0 aliphatic rings. The van der Waals surface area contributed by atoms with Gasteiger partial charge in [-0.1, -0.05) is 20.8 Å². The van der Waals surface area contributed by atoms with Crippen molar-refractivity contribution in [2.45, 2.75) is 4.90 Å². The zero-order valence-corrected chi connectivity index (χ0v) is 7.38. The van der Waals surface area contributed by atoms with Crippen LogP contribution in [0.25, 0.3) is 0 Å². The monoisotopic (exact) mass is 166 g/mol. The van der Waals surface area contributed by atoms with Crippen LogP contribution in [0.15, 0.2) is 29.2 Å². The van der Waals surface area contributed by atoms with E-state index >= 15 is 0 Å². The maximum Gasteiger partial charge on any atom is 0.0249 e. The summed E-state index contributed by atoms with van der Waals surface area (Å²) in [6, 6.07) is 7.74. The van der Waals surface area contributed by atoms with Crippen LogP contribution in [-0.4, -0.2) is 0 Å². The molecular formula is C8H7PS. The van der Waals surface area contributed by atoms with Gasteiger partial charge in [-0.15, -0.1) is 12.6 Å². The lowest BCUT2D eigenvalue weighted by Gasteiger charge is -1.89. The lowest BCUT2D eigenvalue weighted by atomic mass is 10.2. The lowest BCUT2D eigenvalue weighted by Crippen LogP contribution is -1.70. The van der Waals surface area contributed by atoms with Crippen LogP contribution in [0.5, 0.6) is 0 Å². The Kier molecular flexibility index (Phi) is 2.81. The number of hydrogen-bond acceptors (Lipinski definition) is 1. The van der Waals surface area contributed by atoms with E-state index in [9.17, 15) is 0 Å². The maximum absolute atomic E-state index is 4.15. The molecule has 1 aromatic rings. The van der Waals surface area contributed by atoms with Crippen molar-refractivity contribution < 1.29 is 0 Å². The van der Waals surface area contributed by atoms with E-state index in [2.05, 4.69) is 33.5 Å². The number of thiol groups is 1. The molecule has 0 aliphatic carbocycles. The molecule has 1 aromatic carbocycles. The van der Waals surface area contributed by atoms with E-state index in [0.29, 0.717) is 0 Å². The normalized spacial score (nSPS) is 8.20. The molecule has 10 heavy (non-hydrogen) atoms. The standard InChI is InChI=1S/C8H7PS/c9-6-5-7-1-3-8(10)4-2-7/h1-4,10H,9H2. The molecule has 0 aliphatic heterocycles. The van der Waals surface area contributed by atoms with E-state index in [1.165, 1.54) is 0 Å². The van der Waals surface area contributed by atoms with Crippen molar-refractivity contribution in [3.8, 4) is 11.6 Å². The van der Waals surface area contributed by atoms with Gasteiger partial charge in [0.25, 0.3) is 0 Å². The third-order valence-electron chi connectivity index (χ3n) is 1.08. The minimum absolute atomic E-state index is 0.967. The molecule has 1 rings (SSSR count). The van der Waals surface area contributed by atoms with Crippen LogP contribution >= 0.6 is 21.9 Å². The molecule has 1 atom stereocenters. The Morgan fingerprint density at radius 1 is 1.20 bits per heavy atom. The van der Waals surface area contributed by atoms with Crippen molar-refractivity contribution >= 4 is 21.9 Å². The first-order chi connectivity index (χ1) is 4.83. The number of rotatable bonds is 0. The summed E-state index contributed by atoms with van der Waals surface area (Å²) in [5, 5.41) is 0. The SMILES string of the molecule is PC#Cc1ccc(S)cc1. The van der Waals surface area contributed by atoms with Gasteiger partial charge in [-0.2, -0.15) is 0 Å². The van der Waals surface area contributed by atoms with Crippen LogP contribution in [0, 0.1) is 11.6 Å². The van der Waals surface area contributed by atoms with Crippen LogP contribution in [0.1, 0.15) is 5.56 Å². The molecule has 0 bridgehead atoms.